The standard InChI is InChI=1S/C53H94NO7P/c1-3-5-7-9-11-13-15-17-19-21-23-24-25-26-27-29-31-33-35-37-39-41-43-45-48-58-50-52(51-60-62(56,57)59-49-47-54)61-53(55)46-44-42-40-38-36-34-32-30-28-22-20-18-16-14-12-10-8-6-4-2/h6,8,12,14-15,17-18,20-21,23,25-26,28,30,52H,3-5,7,9-11,13,16,19,22,24,27,29,31-51,54H2,1-2H3,(H,56,57)/b8-6-,14-12-,17-15-,20-18-,23-21-,26-25-,30-28-. The maximum absolute atomic E-state index is 12.6. The van der Waals surface area contributed by atoms with E-state index in [1.165, 1.54) is 103 Å². The highest BCUT2D eigenvalue weighted by molar-refractivity contribution is 7.47. The second kappa shape index (κ2) is 49.7. The number of phosphoric acid groups is 1. The second-order valence-corrected chi connectivity index (χ2v) is 17.7. The number of carbonyl (C=O) groups excluding carboxylic acids is 1. The molecule has 9 heteroatoms. The van der Waals surface area contributed by atoms with Gasteiger partial charge < -0.3 is 20.1 Å². The number of allylic oxidation sites excluding steroid dienone is 14. The third-order valence-corrected chi connectivity index (χ3v) is 11.3. The molecule has 0 saturated carbocycles. The Hall–Kier alpha value is -2.32. The summed E-state index contributed by atoms with van der Waals surface area (Å²) in [6.45, 7) is 4.76. The van der Waals surface area contributed by atoms with Crippen LogP contribution in [0.3, 0.4) is 0 Å². The molecule has 0 heterocycles. The highest BCUT2D eigenvalue weighted by atomic mass is 31.2. The fourth-order valence-corrected chi connectivity index (χ4v) is 7.41. The molecule has 358 valence electrons. The summed E-state index contributed by atoms with van der Waals surface area (Å²) in [6.07, 6.45) is 64.7. The Balaban J connectivity index is 4.01. The van der Waals surface area contributed by atoms with Crippen LogP contribution >= 0.6 is 7.82 Å². The molecule has 0 aliphatic rings. The first kappa shape index (κ1) is 59.7. The van der Waals surface area contributed by atoms with Gasteiger partial charge in [-0.25, -0.2) is 4.57 Å². The Kier molecular flexibility index (Phi) is 47.8. The van der Waals surface area contributed by atoms with Gasteiger partial charge in [0.05, 0.1) is 19.8 Å². The van der Waals surface area contributed by atoms with Crippen LogP contribution in [0.5, 0.6) is 0 Å². The maximum Gasteiger partial charge on any atom is 0.472 e. The minimum absolute atomic E-state index is 0.0924. The van der Waals surface area contributed by atoms with Gasteiger partial charge in [-0.2, -0.15) is 0 Å². The first-order valence-electron chi connectivity index (χ1n) is 25.1. The number of hydrogen-bond donors (Lipinski definition) is 2. The van der Waals surface area contributed by atoms with Crippen molar-refractivity contribution in [2.45, 2.75) is 213 Å². The van der Waals surface area contributed by atoms with Crippen molar-refractivity contribution in [1.82, 2.24) is 0 Å². The van der Waals surface area contributed by atoms with Gasteiger partial charge in [0.15, 0.2) is 0 Å². The molecule has 0 aromatic rings. The first-order chi connectivity index (χ1) is 30.4. The predicted octanol–water partition coefficient (Wildman–Crippen LogP) is 15.6. The van der Waals surface area contributed by atoms with E-state index in [1.54, 1.807) is 0 Å². The summed E-state index contributed by atoms with van der Waals surface area (Å²) in [5, 5.41) is 0. The van der Waals surface area contributed by atoms with Crippen molar-refractivity contribution in [3.05, 3.63) is 85.1 Å². The Labute approximate surface area is 381 Å². The van der Waals surface area contributed by atoms with Crippen molar-refractivity contribution in [2.24, 2.45) is 5.73 Å². The van der Waals surface area contributed by atoms with Crippen LogP contribution in [0.2, 0.25) is 0 Å². The van der Waals surface area contributed by atoms with E-state index in [1.807, 2.05) is 0 Å². The van der Waals surface area contributed by atoms with E-state index < -0.39 is 13.9 Å². The van der Waals surface area contributed by atoms with Gasteiger partial charge in [0.25, 0.3) is 0 Å². The Morgan fingerprint density at radius 1 is 0.500 bits per heavy atom. The van der Waals surface area contributed by atoms with Crippen molar-refractivity contribution in [3.63, 3.8) is 0 Å². The van der Waals surface area contributed by atoms with Gasteiger partial charge in [0, 0.05) is 19.6 Å². The van der Waals surface area contributed by atoms with Crippen LogP contribution in [0, 0.1) is 0 Å². The van der Waals surface area contributed by atoms with Crippen LogP contribution in [0.1, 0.15) is 206 Å². The molecule has 0 aliphatic carbocycles. The summed E-state index contributed by atoms with van der Waals surface area (Å²) >= 11 is 0. The molecule has 0 aliphatic heterocycles. The van der Waals surface area contributed by atoms with Crippen LogP contribution in [0.25, 0.3) is 0 Å². The molecule has 0 rings (SSSR count). The normalized spacial score (nSPS) is 14.1. The van der Waals surface area contributed by atoms with Gasteiger partial charge in [-0.05, 0) is 89.9 Å². The number of nitrogens with two attached hydrogens (primary N) is 1. The molecule has 0 bridgehead atoms. The molecule has 0 radical (unpaired) electrons. The molecular formula is C53H94NO7P. The smallest absolute Gasteiger partial charge is 0.457 e. The number of rotatable bonds is 47. The molecule has 0 aromatic carbocycles. The molecule has 0 saturated heterocycles. The number of phosphoric ester groups is 1. The summed E-state index contributed by atoms with van der Waals surface area (Å²) in [6, 6.07) is 0. The summed E-state index contributed by atoms with van der Waals surface area (Å²) in [5.41, 5.74) is 5.39. The lowest BCUT2D eigenvalue weighted by Gasteiger charge is -2.20. The predicted molar refractivity (Wildman–Crippen MR) is 265 cm³/mol. The van der Waals surface area contributed by atoms with Crippen LogP contribution in [0.15, 0.2) is 85.1 Å². The molecule has 3 N–H and O–H groups in total. The van der Waals surface area contributed by atoms with Crippen molar-refractivity contribution < 1.29 is 32.8 Å². The van der Waals surface area contributed by atoms with Gasteiger partial charge in [0.2, 0.25) is 0 Å². The number of hydrogen-bond acceptors (Lipinski definition) is 7. The van der Waals surface area contributed by atoms with Gasteiger partial charge >= 0.3 is 13.8 Å². The number of esters is 1. The van der Waals surface area contributed by atoms with E-state index >= 15 is 0 Å². The van der Waals surface area contributed by atoms with Gasteiger partial charge in [-0.3, -0.25) is 13.8 Å². The molecule has 0 spiro atoms. The number of carbonyl (C=O) groups is 1. The van der Waals surface area contributed by atoms with E-state index in [4.69, 9.17) is 24.3 Å². The highest BCUT2D eigenvalue weighted by Gasteiger charge is 2.25. The fourth-order valence-electron chi connectivity index (χ4n) is 6.64. The topological polar surface area (TPSA) is 117 Å². The lowest BCUT2D eigenvalue weighted by atomic mass is 10.1. The SMILES string of the molecule is CC/C=C\C/C=C\C/C=C\C/C=C\CCCCCCCCC(=O)OC(COCCCCCCCCCCC/C=C\C/C=C\C/C=C\CCCCCCC)COP(=O)(O)OCCN. The highest BCUT2D eigenvalue weighted by Crippen LogP contribution is 2.43. The lowest BCUT2D eigenvalue weighted by molar-refractivity contribution is -0.154. The van der Waals surface area contributed by atoms with Crippen molar-refractivity contribution in [1.29, 1.82) is 0 Å². The molecular weight excluding hydrogens is 794 g/mol. The number of unbranched alkanes of at least 4 members (excludes halogenated alkanes) is 20. The fraction of sp³-hybridized carbons (Fsp3) is 0.717. The summed E-state index contributed by atoms with van der Waals surface area (Å²) < 4.78 is 33.6. The molecule has 2 atom stereocenters. The Morgan fingerprint density at radius 3 is 1.35 bits per heavy atom. The average Bonchev–Trinajstić information content (AvgIpc) is 3.26. The lowest BCUT2D eigenvalue weighted by Crippen LogP contribution is -2.28. The van der Waals surface area contributed by atoms with E-state index in [-0.39, 0.29) is 32.3 Å². The minimum Gasteiger partial charge on any atom is -0.457 e. The Morgan fingerprint density at radius 2 is 0.903 bits per heavy atom. The van der Waals surface area contributed by atoms with E-state index in [2.05, 4.69) is 98.9 Å². The minimum atomic E-state index is -4.29. The third kappa shape index (κ3) is 48.7. The monoisotopic (exact) mass is 888 g/mol. The molecule has 0 amide bonds. The van der Waals surface area contributed by atoms with Crippen LogP contribution < -0.4 is 5.73 Å². The maximum atomic E-state index is 12.6. The van der Waals surface area contributed by atoms with Crippen LogP contribution in [0.4, 0.5) is 0 Å². The van der Waals surface area contributed by atoms with Gasteiger partial charge in [-0.1, -0.05) is 195 Å². The number of ether oxygens (including phenoxy) is 2. The zero-order chi connectivity index (χ0) is 45.1. The second-order valence-electron chi connectivity index (χ2n) is 16.3. The van der Waals surface area contributed by atoms with E-state index in [0.717, 1.165) is 83.5 Å². The zero-order valence-electron chi connectivity index (χ0n) is 39.8. The largest absolute Gasteiger partial charge is 0.472 e. The van der Waals surface area contributed by atoms with Crippen LogP contribution in [-0.4, -0.2) is 49.9 Å². The molecule has 0 aromatic heterocycles. The van der Waals surface area contributed by atoms with Crippen molar-refractivity contribution >= 4 is 13.8 Å². The molecule has 8 nitrogen and oxygen atoms in total. The van der Waals surface area contributed by atoms with Gasteiger partial charge in [0.1, 0.15) is 6.10 Å². The van der Waals surface area contributed by atoms with Crippen molar-refractivity contribution in [2.75, 3.05) is 33.0 Å². The molecule has 0 fully saturated rings. The summed E-state index contributed by atoms with van der Waals surface area (Å²) in [4.78, 5) is 22.6. The Bertz CT molecular complexity index is 1220. The van der Waals surface area contributed by atoms with Crippen LogP contribution in [-0.2, 0) is 27.9 Å². The molecule has 62 heavy (non-hydrogen) atoms. The zero-order valence-corrected chi connectivity index (χ0v) is 40.7. The van der Waals surface area contributed by atoms with E-state index in [9.17, 15) is 14.3 Å². The third-order valence-electron chi connectivity index (χ3n) is 10.3. The van der Waals surface area contributed by atoms with Crippen molar-refractivity contribution in [3.8, 4) is 0 Å². The first-order valence-corrected chi connectivity index (χ1v) is 26.6. The van der Waals surface area contributed by atoms with Gasteiger partial charge in [-0.15, -0.1) is 0 Å². The quantitative estimate of drug-likeness (QED) is 0.0269. The average molecular weight is 888 g/mol. The molecule has 2 unspecified atom stereocenters. The van der Waals surface area contributed by atoms with E-state index in [0.29, 0.717) is 13.0 Å². The summed E-state index contributed by atoms with van der Waals surface area (Å²) in [7, 11) is -4.29. The summed E-state index contributed by atoms with van der Waals surface area (Å²) in [5.74, 6) is -0.348.